The van der Waals surface area contributed by atoms with Crippen molar-refractivity contribution in [1.29, 1.82) is 0 Å². The van der Waals surface area contributed by atoms with Crippen molar-refractivity contribution >= 4 is 40.2 Å². The summed E-state index contributed by atoms with van der Waals surface area (Å²) < 4.78 is 7.56. The topological polar surface area (TPSA) is 63.6 Å². The van der Waals surface area contributed by atoms with E-state index in [1.807, 2.05) is 81.6 Å². The summed E-state index contributed by atoms with van der Waals surface area (Å²) in [5, 5.41) is 5.01. The van der Waals surface area contributed by atoms with Crippen molar-refractivity contribution in [2.75, 3.05) is 17.8 Å². The van der Waals surface area contributed by atoms with Gasteiger partial charge in [-0.3, -0.25) is 14.5 Å². The number of aryl methyl sites for hydroxylation is 3. The van der Waals surface area contributed by atoms with Gasteiger partial charge in [0.1, 0.15) is 11.8 Å². The molecule has 7 heteroatoms. The van der Waals surface area contributed by atoms with E-state index in [0.717, 1.165) is 43.9 Å². The first-order valence-corrected chi connectivity index (χ1v) is 12.9. The lowest BCUT2D eigenvalue weighted by Gasteiger charge is -2.30. The number of aromatic nitrogens is 1. The van der Waals surface area contributed by atoms with Crippen LogP contribution in [0.1, 0.15) is 28.3 Å². The van der Waals surface area contributed by atoms with E-state index in [0.29, 0.717) is 12.3 Å². The average Bonchev–Trinajstić information content (AvgIpc) is 3.06. The van der Waals surface area contributed by atoms with Gasteiger partial charge in [-0.05, 0) is 49.2 Å². The Morgan fingerprint density at radius 2 is 1.81 bits per heavy atom. The van der Waals surface area contributed by atoms with Crippen molar-refractivity contribution in [2.24, 2.45) is 7.05 Å². The van der Waals surface area contributed by atoms with Gasteiger partial charge in [0.25, 0.3) is 0 Å². The highest BCUT2D eigenvalue weighted by atomic mass is 32.2. The SMILES string of the molecule is COc1ccccc1CNC(=O)[C@H]1c2c(n(C)c3ccccc23)SCC(=O)N1c1ccc(C)c(C)c1. The maximum absolute atomic E-state index is 14.1. The van der Waals surface area contributed by atoms with E-state index in [-0.39, 0.29) is 17.6 Å². The van der Waals surface area contributed by atoms with E-state index in [1.165, 1.54) is 11.8 Å². The first kappa shape index (κ1) is 24.0. The second kappa shape index (κ2) is 9.74. The van der Waals surface area contributed by atoms with Crippen LogP contribution in [0.5, 0.6) is 5.75 Å². The molecule has 0 aliphatic carbocycles. The van der Waals surface area contributed by atoms with E-state index >= 15 is 0 Å². The molecular formula is C29H29N3O3S. The molecule has 0 saturated heterocycles. The van der Waals surface area contributed by atoms with Gasteiger partial charge in [0, 0.05) is 41.3 Å². The van der Waals surface area contributed by atoms with E-state index in [1.54, 1.807) is 12.0 Å². The lowest BCUT2D eigenvalue weighted by molar-refractivity contribution is -0.125. The maximum Gasteiger partial charge on any atom is 0.248 e. The zero-order valence-electron chi connectivity index (χ0n) is 20.9. The molecule has 1 atom stereocenters. The van der Waals surface area contributed by atoms with Crippen molar-refractivity contribution in [2.45, 2.75) is 31.5 Å². The first-order valence-electron chi connectivity index (χ1n) is 11.9. The Hall–Kier alpha value is -3.71. The molecule has 4 aromatic rings. The zero-order chi connectivity index (χ0) is 25.4. The third kappa shape index (κ3) is 4.13. The molecule has 0 bridgehead atoms. The molecule has 3 aromatic carbocycles. The van der Waals surface area contributed by atoms with E-state index in [9.17, 15) is 9.59 Å². The smallest absolute Gasteiger partial charge is 0.248 e. The average molecular weight is 500 g/mol. The van der Waals surface area contributed by atoms with Crippen LogP contribution in [-0.2, 0) is 23.2 Å². The van der Waals surface area contributed by atoms with Gasteiger partial charge in [0.15, 0.2) is 0 Å². The van der Waals surface area contributed by atoms with Crippen molar-refractivity contribution in [3.63, 3.8) is 0 Å². The predicted molar refractivity (Wildman–Crippen MR) is 145 cm³/mol. The Balaban J connectivity index is 1.65. The quantitative estimate of drug-likeness (QED) is 0.405. The van der Waals surface area contributed by atoms with Crippen LogP contribution in [0.2, 0.25) is 0 Å². The van der Waals surface area contributed by atoms with E-state index in [2.05, 4.69) is 16.0 Å². The number of rotatable bonds is 5. The number of hydrogen-bond donors (Lipinski definition) is 1. The molecule has 0 unspecified atom stereocenters. The molecule has 184 valence electrons. The number of ether oxygens (including phenoxy) is 1. The molecule has 1 aliphatic heterocycles. The molecule has 1 N–H and O–H groups in total. The Morgan fingerprint density at radius 3 is 2.58 bits per heavy atom. The van der Waals surface area contributed by atoms with Crippen molar-refractivity contribution in [3.8, 4) is 5.75 Å². The number of benzene rings is 3. The third-order valence-electron chi connectivity index (χ3n) is 6.89. The van der Waals surface area contributed by atoms with Crippen LogP contribution in [-0.4, -0.2) is 29.2 Å². The normalized spacial score (nSPS) is 15.5. The fourth-order valence-corrected chi connectivity index (χ4v) is 5.92. The molecule has 5 rings (SSSR count). The fourth-order valence-electron chi connectivity index (χ4n) is 4.86. The number of para-hydroxylation sites is 2. The summed E-state index contributed by atoms with van der Waals surface area (Å²) in [6.07, 6.45) is 0. The Kier molecular flexibility index (Phi) is 6.49. The number of amides is 2. The molecular weight excluding hydrogens is 470 g/mol. The number of carbonyl (C=O) groups is 2. The van der Waals surface area contributed by atoms with Crippen LogP contribution >= 0.6 is 11.8 Å². The summed E-state index contributed by atoms with van der Waals surface area (Å²) >= 11 is 1.49. The summed E-state index contributed by atoms with van der Waals surface area (Å²) in [5.74, 6) is 0.635. The van der Waals surface area contributed by atoms with Crippen molar-refractivity contribution < 1.29 is 14.3 Å². The second-order valence-corrected chi connectivity index (χ2v) is 10.0. The molecule has 0 spiro atoms. The number of nitrogens with one attached hydrogen (secondary N) is 1. The van der Waals surface area contributed by atoms with Crippen molar-refractivity contribution in [1.82, 2.24) is 9.88 Å². The molecule has 1 aromatic heterocycles. The highest BCUT2D eigenvalue weighted by molar-refractivity contribution is 8.00. The minimum atomic E-state index is -0.814. The summed E-state index contributed by atoms with van der Waals surface area (Å²) in [4.78, 5) is 29.3. The monoisotopic (exact) mass is 499 g/mol. The number of methoxy groups -OCH3 is 1. The number of nitrogens with zero attached hydrogens (tertiary/aromatic N) is 2. The van der Waals surface area contributed by atoms with Gasteiger partial charge in [-0.2, -0.15) is 0 Å². The number of carbonyl (C=O) groups excluding carboxylic acids is 2. The van der Waals surface area contributed by atoms with Crippen LogP contribution in [0.25, 0.3) is 10.9 Å². The van der Waals surface area contributed by atoms with E-state index < -0.39 is 6.04 Å². The first-order chi connectivity index (χ1) is 17.4. The minimum Gasteiger partial charge on any atom is -0.496 e. The summed E-state index contributed by atoms with van der Waals surface area (Å²) in [5.41, 5.74) is 5.70. The molecule has 2 heterocycles. The highest BCUT2D eigenvalue weighted by Crippen LogP contribution is 2.43. The second-order valence-electron chi connectivity index (χ2n) is 9.05. The molecule has 0 radical (unpaired) electrons. The van der Waals surface area contributed by atoms with Crippen LogP contribution in [0.3, 0.4) is 0 Å². The molecule has 0 saturated carbocycles. The van der Waals surface area contributed by atoms with E-state index in [4.69, 9.17) is 4.74 Å². The number of fused-ring (bicyclic) bond motifs is 3. The number of thioether (sulfide) groups is 1. The van der Waals surface area contributed by atoms with Gasteiger partial charge in [-0.15, -0.1) is 0 Å². The van der Waals surface area contributed by atoms with Gasteiger partial charge in [-0.1, -0.05) is 54.2 Å². The lowest BCUT2D eigenvalue weighted by atomic mass is 10.0. The molecule has 6 nitrogen and oxygen atoms in total. The number of anilines is 1. The van der Waals surface area contributed by atoms with Crippen molar-refractivity contribution in [3.05, 3.63) is 89.0 Å². The Labute approximate surface area is 215 Å². The lowest BCUT2D eigenvalue weighted by Crippen LogP contribution is -2.44. The number of hydrogen-bond acceptors (Lipinski definition) is 4. The zero-order valence-corrected chi connectivity index (χ0v) is 21.7. The largest absolute Gasteiger partial charge is 0.496 e. The van der Waals surface area contributed by atoms with Crippen LogP contribution < -0.4 is 15.0 Å². The van der Waals surface area contributed by atoms with Gasteiger partial charge in [-0.25, -0.2) is 0 Å². The van der Waals surface area contributed by atoms with Crippen LogP contribution in [0.15, 0.2) is 71.8 Å². The molecule has 36 heavy (non-hydrogen) atoms. The fraction of sp³-hybridized carbons (Fsp3) is 0.241. The van der Waals surface area contributed by atoms with Crippen LogP contribution in [0, 0.1) is 13.8 Å². The summed E-state index contributed by atoms with van der Waals surface area (Å²) in [6.45, 7) is 4.36. The standard InChI is InChI=1S/C29H29N3O3S/c1-18-13-14-21(15-19(18)2)32-25(33)17-36-29-26(22-10-6-7-11-23(22)31(29)3)27(32)28(34)30-16-20-9-5-8-12-24(20)35-4/h5-15,27H,16-17H2,1-4H3,(H,30,34)/t27-/m1/s1. The highest BCUT2D eigenvalue weighted by Gasteiger charge is 2.39. The predicted octanol–water partition coefficient (Wildman–Crippen LogP) is 5.30. The summed E-state index contributed by atoms with van der Waals surface area (Å²) in [7, 11) is 3.61. The minimum absolute atomic E-state index is 0.0963. The molecule has 2 amide bonds. The Morgan fingerprint density at radius 1 is 1.06 bits per heavy atom. The summed E-state index contributed by atoms with van der Waals surface area (Å²) in [6, 6.07) is 20.8. The maximum atomic E-state index is 14.1. The van der Waals surface area contributed by atoms with Gasteiger partial charge in [0.2, 0.25) is 11.8 Å². The Bertz CT molecular complexity index is 1480. The van der Waals surface area contributed by atoms with Crippen LogP contribution in [0.4, 0.5) is 5.69 Å². The van der Waals surface area contributed by atoms with Gasteiger partial charge in [0.05, 0.1) is 17.9 Å². The third-order valence-corrected chi connectivity index (χ3v) is 8.04. The van der Waals surface area contributed by atoms with Gasteiger partial charge >= 0.3 is 0 Å². The van der Waals surface area contributed by atoms with Gasteiger partial charge < -0.3 is 14.6 Å². The molecule has 0 fully saturated rings. The molecule has 1 aliphatic rings.